The van der Waals surface area contributed by atoms with Crippen molar-refractivity contribution in [1.29, 1.82) is 0 Å². The Morgan fingerprint density at radius 3 is 2.51 bits per heavy atom. The van der Waals surface area contributed by atoms with E-state index < -0.39 is 6.04 Å². The average molecular weight is 489 g/mol. The summed E-state index contributed by atoms with van der Waals surface area (Å²) >= 11 is 1.35. The van der Waals surface area contributed by atoms with Crippen LogP contribution in [-0.4, -0.2) is 46.2 Å². The first kappa shape index (κ1) is 23.2. The Balaban J connectivity index is 1.17. The molecule has 0 radical (unpaired) electrons. The summed E-state index contributed by atoms with van der Waals surface area (Å²) in [4.78, 5) is 44.2. The number of thiazole rings is 1. The molecule has 3 aromatic rings. The Hall–Kier alpha value is -3.52. The molecule has 1 unspecified atom stereocenters. The van der Waals surface area contributed by atoms with Gasteiger partial charge in [-0.1, -0.05) is 42.5 Å². The van der Waals surface area contributed by atoms with E-state index in [1.807, 2.05) is 47.8 Å². The number of aryl methyl sites for hydroxylation is 1. The molecule has 8 heteroatoms. The van der Waals surface area contributed by atoms with Gasteiger partial charge in [-0.3, -0.25) is 14.4 Å². The largest absolute Gasteiger partial charge is 0.349 e. The number of rotatable bonds is 8. The van der Waals surface area contributed by atoms with E-state index in [1.165, 1.54) is 11.3 Å². The van der Waals surface area contributed by atoms with Crippen molar-refractivity contribution in [1.82, 2.24) is 15.2 Å². The molecule has 7 nitrogen and oxygen atoms in total. The Morgan fingerprint density at radius 1 is 1.00 bits per heavy atom. The molecule has 35 heavy (non-hydrogen) atoms. The van der Waals surface area contributed by atoms with E-state index in [-0.39, 0.29) is 17.7 Å². The summed E-state index contributed by atoms with van der Waals surface area (Å²) in [6.45, 7) is 0.607. The number of benzene rings is 2. The van der Waals surface area contributed by atoms with Crippen LogP contribution in [0.1, 0.15) is 48.0 Å². The predicted octanol–water partition coefficient (Wildman–Crippen LogP) is 4.26. The molecule has 1 saturated carbocycles. The molecule has 2 aromatic carbocycles. The summed E-state index contributed by atoms with van der Waals surface area (Å²) in [6.07, 6.45) is 4.64. The van der Waals surface area contributed by atoms with Gasteiger partial charge in [0.05, 0.1) is 5.69 Å². The Kier molecular flexibility index (Phi) is 6.90. The van der Waals surface area contributed by atoms with Crippen molar-refractivity contribution in [3.05, 3.63) is 71.1 Å². The summed E-state index contributed by atoms with van der Waals surface area (Å²) in [5.74, 6) is -0.231. The fraction of sp³-hybridized carbons (Fsp3) is 0.333. The number of hydrogen-bond acceptors (Lipinski definition) is 5. The number of anilines is 1. The maximum atomic E-state index is 13.0. The van der Waals surface area contributed by atoms with Gasteiger partial charge in [-0.15, -0.1) is 11.3 Å². The van der Waals surface area contributed by atoms with Crippen molar-refractivity contribution >= 4 is 34.2 Å². The molecular formula is C27H28N4O3S. The van der Waals surface area contributed by atoms with Gasteiger partial charge in [0, 0.05) is 35.5 Å². The molecule has 3 amide bonds. The minimum atomic E-state index is -0.463. The second kappa shape index (κ2) is 10.4. The van der Waals surface area contributed by atoms with Crippen LogP contribution < -0.4 is 10.6 Å². The van der Waals surface area contributed by atoms with Gasteiger partial charge in [0.2, 0.25) is 11.8 Å². The Labute approximate surface area is 208 Å². The van der Waals surface area contributed by atoms with Gasteiger partial charge in [0.25, 0.3) is 5.91 Å². The lowest BCUT2D eigenvalue weighted by Gasteiger charge is -2.23. The van der Waals surface area contributed by atoms with Crippen LogP contribution in [-0.2, 0) is 16.0 Å². The topological polar surface area (TPSA) is 91.4 Å². The molecule has 1 aliphatic carbocycles. The number of amides is 3. The van der Waals surface area contributed by atoms with Crippen LogP contribution in [0.25, 0.3) is 11.3 Å². The van der Waals surface area contributed by atoms with Gasteiger partial charge >= 0.3 is 0 Å². The van der Waals surface area contributed by atoms with Gasteiger partial charge in [0.15, 0.2) is 5.13 Å². The van der Waals surface area contributed by atoms with Gasteiger partial charge in [-0.25, -0.2) is 4.98 Å². The predicted molar refractivity (Wildman–Crippen MR) is 136 cm³/mol. The van der Waals surface area contributed by atoms with Crippen LogP contribution in [0, 0.1) is 0 Å². The van der Waals surface area contributed by atoms with Crippen LogP contribution in [0.2, 0.25) is 0 Å². The number of carbonyl (C=O) groups is 3. The van der Waals surface area contributed by atoms with Crippen molar-refractivity contribution < 1.29 is 14.4 Å². The van der Waals surface area contributed by atoms with E-state index >= 15 is 0 Å². The van der Waals surface area contributed by atoms with E-state index in [9.17, 15) is 14.4 Å². The van der Waals surface area contributed by atoms with E-state index in [0.29, 0.717) is 42.5 Å². The third kappa shape index (κ3) is 5.77. The van der Waals surface area contributed by atoms with Crippen LogP contribution in [0.3, 0.4) is 0 Å². The van der Waals surface area contributed by atoms with E-state index in [0.717, 1.165) is 36.1 Å². The summed E-state index contributed by atoms with van der Waals surface area (Å²) < 4.78 is 0. The highest BCUT2D eigenvalue weighted by Gasteiger charge is 2.34. The number of likely N-dealkylation sites (tertiary alicyclic amines) is 1. The zero-order valence-electron chi connectivity index (χ0n) is 19.4. The zero-order chi connectivity index (χ0) is 24.2. The maximum absolute atomic E-state index is 13.0. The van der Waals surface area contributed by atoms with Crippen molar-refractivity contribution in [2.45, 2.75) is 50.6 Å². The first-order valence-corrected chi connectivity index (χ1v) is 13.0. The zero-order valence-corrected chi connectivity index (χ0v) is 20.2. The number of nitrogens with one attached hydrogen (secondary N) is 2. The molecule has 1 aromatic heterocycles. The van der Waals surface area contributed by atoms with E-state index in [4.69, 9.17) is 0 Å². The lowest BCUT2D eigenvalue weighted by atomic mass is 10.1. The first-order valence-electron chi connectivity index (χ1n) is 12.1. The summed E-state index contributed by atoms with van der Waals surface area (Å²) in [5, 5.41) is 8.27. The van der Waals surface area contributed by atoms with Gasteiger partial charge < -0.3 is 15.5 Å². The number of carbonyl (C=O) groups excluding carboxylic acids is 3. The summed E-state index contributed by atoms with van der Waals surface area (Å²) in [6, 6.07) is 17.1. The van der Waals surface area contributed by atoms with Gasteiger partial charge in [-0.2, -0.15) is 0 Å². The highest BCUT2D eigenvalue weighted by molar-refractivity contribution is 7.14. The number of nitrogens with zero attached hydrogens (tertiary/aromatic N) is 2. The number of aromatic nitrogens is 1. The quantitative estimate of drug-likeness (QED) is 0.496. The van der Waals surface area contributed by atoms with Crippen LogP contribution >= 0.6 is 11.3 Å². The minimum absolute atomic E-state index is 0.0112. The Morgan fingerprint density at radius 2 is 1.77 bits per heavy atom. The smallest absolute Gasteiger partial charge is 0.251 e. The van der Waals surface area contributed by atoms with Crippen molar-refractivity contribution in [3.63, 3.8) is 0 Å². The third-order valence-corrected chi connectivity index (χ3v) is 7.19. The van der Waals surface area contributed by atoms with Crippen LogP contribution in [0.4, 0.5) is 5.13 Å². The van der Waals surface area contributed by atoms with Crippen molar-refractivity contribution in [2.75, 3.05) is 11.9 Å². The van der Waals surface area contributed by atoms with E-state index in [2.05, 4.69) is 15.6 Å². The monoisotopic (exact) mass is 488 g/mol. The highest BCUT2D eigenvalue weighted by atomic mass is 32.1. The normalized spacial score (nSPS) is 17.3. The SMILES string of the molecule is O=C(NC1CC1)c1ccc(-c2csc(NC(=O)C3CCCN3C(=O)CCc3ccccc3)n2)cc1. The molecule has 180 valence electrons. The third-order valence-electron chi connectivity index (χ3n) is 6.44. The maximum Gasteiger partial charge on any atom is 0.251 e. The van der Waals surface area contributed by atoms with Crippen LogP contribution in [0.5, 0.6) is 0 Å². The fourth-order valence-electron chi connectivity index (χ4n) is 4.32. The van der Waals surface area contributed by atoms with Crippen molar-refractivity contribution in [2.24, 2.45) is 0 Å². The second-order valence-corrected chi connectivity index (χ2v) is 9.94. The molecule has 2 N–H and O–H groups in total. The van der Waals surface area contributed by atoms with Gasteiger partial charge in [-0.05, 0) is 49.8 Å². The lowest BCUT2D eigenvalue weighted by Crippen LogP contribution is -2.43. The molecule has 5 rings (SSSR count). The van der Waals surface area contributed by atoms with E-state index in [1.54, 1.807) is 17.0 Å². The molecular weight excluding hydrogens is 460 g/mol. The average Bonchev–Trinajstić information content (AvgIpc) is 3.35. The van der Waals surface area contributed by atoms with Crippen molar-refractivity contribution in [3.8, 4) is 11.3 Å². The second-order valence-electron chi connectivity index (χ2n) is 9.08. The first-order chi connectivity index (χ1) is 17.1. The fourth-order valence-corrected chi connectivity index (χ4v) is 5.04. The lowest BCUT2D eigenvalue weighted by molar-refractivity contribution is -0.136. The highest BCUT2D eigenvalue weighted by Crippen LogP contribution is 2.27. The van der Waals surface area contributed by atoms with Crippen LogP contribution in [0.15, 0.2) is 60.0 Å². The standard InChI is InChI=1S/C27H28N4O3S/c32-24(15-8-18-5-2-1-3-6-18)31-16-4-7-23(31)26(34)30-27-29-22(17-35-27)19-9-11-20(12-10-19)25(33)28-21-13-14-21/h1-3,5-6,9-12,17,21,23H,4,7-8,13-16H2,(H,28,33)(H,29,30,34). The minimum Gasteiger partial charge on any atom is -0.349 e. The summed E-state index contributed by atoms with van der Waals surface area (Å²) in [5.41, 5.74) is 3.36. The molecule has 2 aliphatic rings. The molecule has 2 fully saturated rings. The molecule has 1 saturated heterocycles. The Bertz CT molecular complexity index is 1200. The number of hydrogen-bond donors (Lipinski definition) is 2. The molecule has 0 bridgehead atoms. The summed E-state index contributed by atoms with van der Waals surface area (Å²) in [7, 11) is 0. The molecule has 2 heterocycles. The molecule has 1 atom stereocenters. The molecule has 0 spiro atoms. The van der Waals surface area contributed by atoms with Gasteiger partial charge in [0.1, 0.15) is 6.04 Å². The molecule has 1 aliphatic heterocycles.